The van der Waals surface area contributed by atoms with E-state index in [-0.39, 0.29) is 11.8 Å². The Labute approximate surface area is 207 Å². The monoisotopic (exact) mass is 470 g/mol. The molecule has 0 radical (unpaired) electrons. The van der Waals surface area contributed by atoms with Crippen LogP contribution in [0, 0.1) is 0 Å². The summed E-state index contributed by atoms with van der Waals surface area (Å²) < 4.78 is 0. The second-order valence-electron chi connectivity index (χ2n) is 9.79. The number of allylic oxidation sites excluding steroid dienone is 1. The summed E-state index contributed by atoms with van der Waals surface area (Å²) in [6, 6.07) is 12.9. The highest BCUT2D eigenvalue weighted by Crippen LogP contribution is 2.28. The van der Waals surface area contributed by atoms with E-state index in [2.05, 4.69) is 51.6 Å². The van der Waals surface area contributed by atoms with E-state index in [1.54, 1.807) is 12.3 Å². The molecular formula is C29H34N4O2. The molecule has 6 nitrogen and oxygen atoms in total. The predicted octanol–water partition coefficient (Wildman–Crippen LogP) is 4.89. The van der Waals surface area contributed by atoms with Crippen molar-refractivity contribution < 1.29 is 9.59 Å². The molecule has 0 spiro atoms. The van der Waals surface area contributed by atoms with E-state index < -0.39 is 0 Å². The first-order chi connectivity index (χ1) is 17.2. The van der Waals surface area contributed by atoms with Crippen LogP contribution >= 0.6 is 0 Å². The molecule has 2 aromatic rings. The molecule has 1 saturated heterocycles. The van der Waals surface area contributed by atoms with Crippen LogP contribution < -0.4 is 5.32 Å². The van der Waals surface area contributed by atoms with Gasteiger partial charge in [0.05, 0.1) is 0 Å². The minimum atomic E-state index is 0.0374. The number of anilines is 1. The van der Waals surface area contributed by atoms with Crippen LogP contribution in [0.2, 0.25) is 0 Å². The summed E-state index contributed by atoms with van der Waals surface area (Å²) in [6.07, 6.45) is 14.3. The van der Waals surface area contributed by atoms with Crippen molar-refractivity contribution in [3.63, 3.8) is 0 Å². The van der Waals surface area contributed by atoms with Gasteiger partial charge in [-0.15, -0.1) is 0 Å². The number of hydrogen-bond acceptors (Lipinski definition) is 4. The highest BCUT2D eigenvalue weighted by atomic mass is 16.2. The largest absolute Gasteiger partial charge is 0.339 e. The molecule has 3 aliphatic rings. The SMILES string of the molecule is O=C1CC2CCCCN2Cc2cc(/C=C/C(=O)N3CC/C=C(/c4ccccc4)CCC3)cnc2N1. The lowest BCUT2D eigenvalue weighted by Gasteiger charge is -2.37. The van der Waals surface area contributed by atoms with Gasteiger partial charge in [0.1, 0.15) is 5.82 Å². The van der Waals surface area contributed by atoms with Crippen LogP contribution in [0.5, 0.6) is 0 Å². The van der Waals surface area contributed by atoms with E-state index >= 15 is 0 Å². The molecule has 0 aliphatic carbocycles. The number of pyridine rings is 1. The Balaban J connectivity index is 1.24. The molecule has 2 amide bonds. The zero-order valence-electron chi connectivity index (χ0n) is 20.3. The van der Waals surface area contributed by atoms with Crippen molar-refractivity contribution in [2.24, 2.45) is 0 Å². The van der Waals surface area contributed by atoms with Crippen LogP contribution in [-0.2, 0) is 16.1 Å². The van der Waals surface area contributed by atoms with Crippen molar-refractivity contribution in [2.45, 2.75) is 57.5 Å². The minimum Gasteiger partial charge on any atom is -0.339 e. The second-order valence-corrected chi connectivity index (χ2v) is 9.79. The van der Waals surface area contributed by atoms with Crippen LogP contribution in [-0.4, -0.2) is 52.3 Å². The van der Waals surface area contributed by atoms with Gasteiger partial charge in [-0.3, -0.25) is 14.5 Å². The highest BCUT2D eigenvalue weighted by Gasteiger charge is 2.28. The first-order valence-corrected chi connectivity index (χ1v) is 12.9. The van der Waals surface area contributed by atoms with E-state index in [0.29, 0.717) is 18.3 Å². The van der Waals surface area contributed by atoms with Gasteiger partial charge in [-0.25, -0.2) is 4.98 Å². The Kier molecular flexibility index (Phi) is 7.38. The number of rotatable bonds is 3. The van der Waals surface area contributed by atoms with Crippen LogP contribution in [0.1, 0.15) is 61.6 Å². The Bertz CT molecular complexity index is 1120. The summed E-state index contributed by atoms with van der Waals surface area (Å²) in [6.45, 7) is 3.29. The summed E-state index contributed by atoms with van der Waals surface area (Å²) in [5.74, 6) is 0.723. The lowest BCUT2D eigenvalue weighted by Crippen LogP contribution is -2.42. The van der Waals surface area contributed by atoms with Gasteiger partial charge >= 0.3 is 0 Å². The number of carbonyl (C=O) groups excluding carboxylic acids is 2. The molecule has 4 heterocycles. The fraction of sp³-hybridized carbons (Fsp3) is 0.414. The fourth-order valence-electron chi connectivity index (χ4n) is 5.44. The average Bonchev–Trinajstić information content (AvgIpc) is 2.84. The van der Waals surface area contributed by atoms with Gasteiger partial charge in [-0.05, 0) is 67.5 Å². The Morgan fingerprint density at radius 1 is 1.09 bits per heavy atom. The zero-order chi connectivity index (χ0) is 24.0. The number of fused-ring (bicyclic) bond motifs is 2. The molecule has 1 aromatic heterocycles. The average molecular weight is 471 g/mol. The van der Waals surface area contributed by atoms with Crippen molar-refractivity contribution in [3.05, 3.63) is 71.4 Å². The normalized spacial score (nSPS) is 23.1. The van der Waals surface area contributed by atoms with Crippen LogP contribution in [0.4, 0.5) is 5.82 Å². The molecule has 182 valence electrons. The number of nitrogens with one attached hydrogen (secondary N) is 1. The smallest absolute Gasteiger partial charge is 0.246 e. The third kappa shape index (κ3) is 5.88. The molecule has 1 N–H and O–H groups in total. The lowest BCUT2D eigenvalue weighted by atomic mass is 9.97. The number of piperidine rings is 1. The highest BCUT2D eigenvalue weighted by molar-refractivity contribution is 5.93. The van der Waals surface area contributed by atoms with Crippen molar-refractivity contribution >= 4 is 29.3 Å². The van der Waals surface area contributed by atoms with Crippen molar-refractivity contribution in [3.8, 4) is 0 Å². The lowest BCUT2D eigenvalue weighted by molar-refractivity contribution is -0.126. The number of benzene rings is 1. The summed E-state index contributed by atoms with van der Waals surface area (Å²) in [5, 5.41) is 2.99. The minimum absolute atomic E-state index is 0.0374. The first-order valence-electron chi connectivity index (χ1n) is 12.9. The Morgan fingerprint density at radius 3 is 2.86 bits per heavy atom. The van der Waals surface area contributed by atoms with Crippen LogP contribution in [0.25, 0.3) is 11.6 Å². The number of aromatic nitrogens is 1. The number of nitrogens with zero attached hydrogens (tertiary/aromatic N) is 3. The van der Waals surface area contributed by atoms with Crippen molar-refractivity contribution in [1.29, 1.82) is 0 Å². The van der Waals surface area contributed by atoms with Gasteiger partial charge in [0.2, 0.25) is 11.8 Å². The first kappa shape index (κ1) is 23.5. The number of hydrogen-bond donors (Lipinski definition) is 1. The van der Waals surface area contributed by atoms with Crippen LogP contribution in [0.15, 0.2) is 54.7 Å². The summed E-state index contributed by atoms with van der Waals surface area (Å²) in [5.41, 5.74) is 4.57. The second kappa shape index (κ2) is 11.0. The zero-order valence-corrected chi connectivity index (χ0v) is 20.3. The Morgan fingerprint density at radius 2 is 1.97 bits per heavy atom. The molecule has 6 heteroatoms. The molecule has 1 unspecified atom stereocenters. The maximum absolute atomic E-state index is 12.9. The molecule has 0 saturated carbocycles. The molecule has 0 bridgehead atoms. The van der Waals surface area contributed by atoms with Gasteiger partial charge in [0.15, 0.2) is 0 Å². The summed E-state index contributed by atoms with van der Waals surface area (Å²) in [4.78, 5) is 34.3. The van der Waals surface area contributed by atoms with E-state index in [4.69, 9.17) is 0 Å². The summed E-state index contributed by atoms with van der Waals surface area (Å²) in [7, 11) is 0. The van der Waals surface area contributed by atoms with Gasteiger partial charge in [0.25, 0.3) is 0 Å². The van der Waals surface area contributed by atoms with E-state index in [1.807, 2.05) is 17.0 Å². The number of amides is 2. The molecule has 1 fully saturated rings. The van der Waals surface area contributed by atoms with E-state index in [9.17, 15) is 9.59 Å². The van der Waals surface area contributed by atoms with Gasteiger partial charge in [-0.2, -0.15) is 0 Å². The van der Waals surface area contributed by atoms with Crippen molar-refractivity contribution in [1.82, 2.24) is 14.8 Å². The number of carbonyl (C=O) groups is 2. The fourth-order valence-corrected chi connectivity index (χ4v) is 5.44. The van der Waals surface area contributed by atoms with Gasteiger partial charge in [0, 0.05) is 49.9 Å². The molecule has 1 atom stereocenters. The molecule has 35 heavy (non-hydrogen) atoms. The molecule has 3 aliphatic heterocycles. The molecular weight excluding hydrogens is 436 g/mol. The summed E-state index contributed by atoms with van der Waals surface area (Å²) >= 11 is 0. The quantitative estimate of drug-likeness (QED) is 0.649. The predicted molar refractivity (Wildman–Crippen MR) is 139 cm³/mol. The third-order valence-corrected chi connectivity index (χ3v) is 7.33. The van der Waals surface area contributed by atoms with E-state index in [0.717, 1.165) is 63.0 Å². The molecule has 1 aromatic carbocycles. The standard InChI is InChI=1S/C29H34N4O2/c34-27-19-26-12-4-5-15-33(26)21-25-18-22(20-30-29(25)31-27)13-14-28(35)32-16-6-10-24(11-7-17-32)23-8-2-1-3-9-23/h1-3,8-10,13-14,18,20,26H,4-7,11-12,15-17,19,21H2,(H,30,31,34)/b14-13+,24-10+. The van der Waals surface area contributed by atoms with Crippen LogP contribution in [0.3, 0.4) is 0 Å². The third-order valence-electron chi connectivity index (χ3n) is 7.33. The van der Waals surface area contributed by atoms with Gasteiger partial charge in [-0.1, -0.05) is 42.8 Å². The Hall–Kier alpha value is -3.25. The maximum atomic E-state index is 12.9. The van der Waals surface area contributed by atoms with Gasteiger partial charge < -0.3 is 10.2 Å². The molecule has 5 rings (SSSR count). The van der Waals surface area contributed by atoms with Crippen molar-refractivity contribution in [2.75, 3.05) is 25.0 Å². The van der Waals surface area contributed by atoms with E-state index in [1.165, 1.54) is 24.0 Å². The maximum Gasteiger partial charge on any atom is 0.246 e. The topological polar surface area (TPSA) is 65.5 Å².